The lowest BCUT2D eigenvalue weighted by molar-refractivity contribution is -0.420. The van der Waals surface area contributed by atoms with Crippen LogP contribution < -0.4 is 0 Å². The van der Waals surface area contributed by atoms with Gasteiger partial charge in [0.2, 0.25) is 0 Å². The lowest BCUT2D eigenvalue weighted by atomic mass is 9.96. The molecule has 17 heteroatoms. The van der Waals surface area contributed by atoms with Gasteiger partial charge in [0.25, 0.3) is 0 Å². The summed E-state index contributed by atoms with van der Waals surface area (Å²) in [5.74, 6) is -33.5. The fraction of sp³-hybridized carbons (Fsp3) is 0.880. The van der Waals surface area contributed by atoms with Crippen molar-refractivity contribution >= 4 is 5.97 Å². The summed E-state index contributed by atoms with van der Waals surface area (Å²) >= 11 is 0. The molecule has 0 aromatic rings. The van der Waals surface area contributed by atoms with Gasteiger partial charge >= 0.3 is 35.8 Å². The number of carbonyl (C=O) groups excluding carboxylic acids is 1. The molecule has 0 spiro atoms. The van der Waals surface area contributed by atoms with E-state index >= 15 is 0 Å². The van der Waals surface area contributed by atoms with Crippen molar-refractivity contribution in [2.24, 2.45) is 0 Å². The second-order valence-electron chi connectivity index (χ2n) is 9.01. The lowest BCUT2D eigenvalue weighted by Gasteiger charge is -2.37. The van der Waals surface area contributed by atoms with E-state index in [1.54, 1.807) is 0 Å². The quantitative estimate of drug-likeness (QED) is 0.0361. The van der Waals surface area contributed by atoms with Crippen molar-refractivity contribution in [3.8, 4) is 0 Å². The second kappa shape index (κ2) is 18.7. The molecule has 0 aliphatic rings. The van der Waals surface area contributed by atoms with E-state index < -0.39 is 60.9 Å². The third-order valence-corrected chi connectivity index (χ3v) is 5.63. The first-order valence-corrected chi connectivity index (χ1v) is 13.2. The molecule has 250 valence electrons. The van der Waals surface area contributed by atoms with Crippen LogP contribution >= 0.6 is 0 Å². The Hall–Kier alpha value is -1.88. The van der Waals surface area contributed by atoms with Crippen molar-refractivity contribution in [1.29, 1.82) is 0 Å². The van der Waals surface area contributed by atoms with E-state index in [0.717, 1.165) is 32.1 Å². The van der Waals surface area contributed by atoms with E-state index in [4.69, 9.17) is 14.2 Å². The van der Waals surface area contributed by atoms with Crippen LogP contribution in [0.5, 0.6) is 0 Å². The number of alkyl halides is 11. The number of allylic oxidation sites excluding steroid dienone is 1. The molecule has 0 atom stereocenters. The summed E-state index contributed by atoms with van der Waals surface area (Å²) in [6, 6.07) is 0. The van der Waals surface area contributed by atoms with Gasteiger partial charge in [0.15, 0.2) is 5.76 Å². The SMILES string of the molecule is CCCCCCCCCCO/C(=C\C(=O)OCCOCCOCCOC)C(F)(F)C(F)(F)C(F)(F)C(F)(F)C(F)(F)F. The average Bonchev–Trinajstić information content (AvgIpc) is 2.89. The Morgan fingerprint density at radius 3 is 1.55 bits per heavy atom. The van der Waals surface area contributed by atoms with Crippen molar-refractivity contribution in [1.82, 2.24) is 0 Å². The van der Waals surface area contributed by atoms with Crippen molar-refractivity contribution in [2.45, 2.75) is 88.2 Å². The summed E-state index contributed by atoms with van der Waals surface area (Å²) in [5, 5.41) is 0. The number of ether oxygens (including phenoxy) is 5. The van der Waals surface area contributed by atoms with Crippen LogP contribution in [0.15, 0.2) is 11.8 Å². The Balaban J connectivity index is 5.53. The molecule has 0 radical (unpaired) electrons. The van der Waals surface area contributed by atoms with Crippen LogP contribution in [-0.2, 0) is 28.5 Å². The van der Waals surface area contributed by atoms with E-state index in [1.807, 2.05) is 6.92 Å². The van der Waals surface area contributed by atoms with Gasteiger partial charge in [-0.25, -0.2) is 4.79 Å². The molecule has 42 heavy (non-hydrogen) atoms. The first kappa shape index (κ1) is 40.1. The molecule has 0 saturated heterocycles. The Morgan fingerprint density at radius 1 is 0.571 bits per heavy atom. The predicted octanol–water partition coefficient (Wildman–Crippen LogP) is 7.35. The van der Waals surface area contributed by atoms with Gasteiger partial charge in [-0.15, -0.1) is 0 Å². The van der Waals surface area contributed by atoms with Gasteiger partial charge in [0.05, 0.1) is 45.7 Å². The Kier molecular flexibility index (Phi) is 17.9. The molecule has 0 aliphatic heterocycles. The number of carbonyl (C=O) groups is 1. The zero-order valence-electron chi connectivity index (χ0n) is 23.3. The van der Waals surface area contributed by atoms with E-state index in [-0.39, 0.29) is 32.8 Å². The largest absolute Gasteiger partial charge is 0.491 e. The van der Waals surface area contributed by atoms with Gasteiger partial charge in [-0.2, -0.15) is 48.3 Å². The van der Waals surface area contributed by atoms with Gasteiger partial charge < -0.3 is 23.7 Å². The third kappa shape index (κ3) is 12.0. The molecule has 0 saturated carbocycles. The molecule has 0 heterocycles. The molecule has 0 aliphatic carbocycles. The smallest absolute Gasteiger partial charge is 0.460 e. The first-order chi connectivity index (χ1) is 19.4. The van der Waals surface area contributed by atoms with Crippen molar-refractivity contribution in [3.05, 3.63) is 11.8 Å². The minimum absolute atomic E-state index is 0.0170. The highest BCUT2D eigenvalue weighted by Gasteiger charge is 2.88. The Morgan fingerprint density at radius 2 is 1.05 bits per heavy atom. The molecule has 0 bridgehead atoms. The summed E-state index contributed by atoms with van der Waals surface area (Å²) in [5.41, 5.74) is 0. The van der Waals surface area contributed by atoms with E-state index in [9.17, 15) is 53.1 Å². The van der Waals surface area contributed by atoms with Gasteiger partial charge in [0, 0.05) is 7.11 Å². The highest BCUT2D eigenvalue weighted by Crippen LogP contribution is 2.58. The molecule has 0 fully saturated rings. The Labute approximate surface area is 236 Å². The molecule has 0 aromatic heterocycles. The van der Waals surface area contributed by atoms with Crippen LogP contribution in [0.25, 0.3) is 0 Å². The van der Waals surface area contributed by atoms with Crippen LogP contribution in [0.2, 0.25) is 0 Å². The number of hydrogen-bond acceptors (Lipinski definition) is 6. The molecule has 6 nitrogen and oxygen atoms in total. The number of unbranched alkanes of at least 4 members (excludes halogenated alkanes) is 7. The Bertz CT molecular complexity index is 789. The zero-order chi connectivity index (χ0) is 32.5. The van der Waals surface area contributed by atoms with Crippen molar-refractivity contribution < 1.29 is 76.8 Å². The maximum absolute atomic E-state index is 14.6. The highest BCUT2D eigenvalue weighted by molar-refractivity contribution is 5.82. The maximum atomic E-state index is 14.6. The third-order valence-electron chi connectivity index (χ3n) is 5.63. The van der Waals surface area contributed by atoms with Crippen molar-refractivity contribution in [3.63, 3.8) is 0 Å². The van der Waals surface area contributed by atoms with E-state index in [1.165, 1.54) is 7.11 Å². The highest BCUT2D eigenvalue weighted by atomic mass is 19.4. The minimum Gasteiger partial charge on any atom is -0.491 e. The second-order valence-corrected chi connectivity index (χ2v) is 9.01. The van der Waals surface area contributed by atoms with Crippen molar-refractivity contribution in [2.75, 3.05) is 53.4 Å². The molecule has 0 unspecified atom stereocenters. The number of esters is 1. The number of rotatable bonds is 24. The summed E-state index contributed by atoms with van der Waals surface area (Å²) in [4.78, 5) is 11.9. The van der Waals surface area contributed by atoms with Gasteiger partial charge in [-0.1, -0.05) is 51.9 Å². The van der Waals surface area contributed by atoms with Gasteiger partial charge in [-0.05, 0) is 6.42 Å². The van der Waals surface area contributed by atoms with Crippen LogP contribution in [0, 0.1) is 0 Å². The van der Waals surface area contributed by atoms with Crippen LogP contribution in [0.3, 0.4) is 0 Å². The summed E-state index contributed by atoms with van der Waals surface area (Å²) in [6.07, 6.45) is -2.61. The molecular weight excluding hydrogens is 605 g/mol. The summed E-state index contributed by atoms with van der Waals surface area (Å²) < 4.78 is 173. The molecule has 0 aromatic carbocycles. The fourth-order valence-corrected chi connectivity index (χ4v) is 3.18. The fourth-order valence-electron chi connectivity index (χ4n) is 3.18. The lowest BCUT2D eigenvalue weighted by Crippen LogP contribution is -2.66. The normalized spacial score (nSPS) is 13.9. The molecular formula is C25H37F11O6. The van der Waals surface area contributed by atoms with Gasteiger partial charge in [0.1, 0.15) is 6.61 Å². The van der Waals surface area contributed by atoms with E-state index in [0.29, 0.717) is 19.4 Å². The van der Waals surface area contributed by atoms with Crippen LogP contribution in [0.4, 0.5) is 48.3 Å². The molecule has 0 rings (SSSR count). The van der Waals surface area contributed by atoms with Gasteiger partial charge in [-0.3, -0.25) is 0 Å². The number of hydrogen-bond donors (Lipinski definition) is 0. The summed E-state index contributed by atoms with van der Waals surface area (Å²) in [6.45, 7) is 0.724. The van der Waals surface area contributed by atoms with Crippen LogP contribution in [-0.4, -0.2) is 89.2 Å². The molecule has 0 amide bonds. The monoisotopic (exact) mass is 642 g/mol. The molecule has 0 N–H and O–H groups in total. The zero-order valence-corrected chi connectivity index (χ0v) is 23.3. The summed E-state index contributed by atoms with van der Waals surface area (Å²) in [7, 11) is 1.44. The van der Waals surface area contributed by atoms with E-state index in [2.05, 4.69) is 9.47 Å². The minimum atomic E-state index is -7.65. The first-order valence-electron chi connectivity index (χ1n) is 13.2. The van der Waals surface area contributed by atoms with Crippen LogP contribution in [0.1, 0.15) is 58.3 Å². The predicted molar refractivity (Wildman–Crippen MR) is 127 cm³/mol. The topological polar surface area (TPSA) is 63.2 Å². The average molecular weight is 643 g/mol. The maximum Gasteiger partial charge on any atom is 0.460 e. The standard InChI is InChI=1S/C25H37F11O6/c1-3-4-5-6-7-8-9-10-11-41-19(18-20(37)42-17-16-40-15-14-39-13-12-38-2)21(26,27)22(28,29)23(30,31)24(32,33)25(34,35)36/h18H,3-17H2,1-2H3/b19-18-. The number of methoxy groups -OCH3 is 1. The number of halogens is 11.